The van der Waals surface area contributed by atoms with Gasteiger partial charge in [-0.2, -0.15) is 0 Å². The Kier molecular flexibility index (Phi) is 9.11. The second-order valence-electron chi connectivity index (χ2n) is 4.77. The fourth-order valence-electron chi connectivity index (χ4n) is 1.94. The van der Waals surface area contributed by atoms with Crippen LogP contribution in [0.25, 0.3) is 0 Å². The first-order chi connectivity index (χ1) is 9.38. The average Bonchev–Trinajstić information content (AvgIpc) is 2.44. The zero-order valence-electron chi connectivity index (χ0n) is 12.0. The Labute approximate surface area is 117 Å². The number of aliphatic hydroxyl groups is 1. The van der Waals surface area contributed by atoms with Crippen LogP contribution in [0.4, 0.5) is 0 Å². The molecule has 0 aliphatic carbocycles. The first-order valence-corrected chi connectivity index (χ1v) is 7.40. The highest BCUT2D eigenvalue weighted by Gasteiger charge is 2.02. The number of hydrogen-bond acceptors (Lipinski definition) is 3. The summed E-state index contributed by atoms with van der Waals surface area (Å²) in [6, 6.07) is 8.22. The molecule has 0 fully saturated rings. The van der Waals surface area contributed by atoms with E-state index in [0.717, 1.165) is 57.6 Å². The third kappa shape index (κ3) is 7.19. The van der Waals surface area contributed by atoms with Gasteiger partial charge >= 0.3 is 0 Å². The van der Waals surface area contributed by atoms with Crippen molar-refractivity contribution in [1.29, 1.82) is 0 Å². The second kappa shape index (κ2) is 10.8. The van der Waals surface area contributed by atoms with E-state index in [1.807, 2.05) is 12.1 Å². The van der Waals surface area contributed by atoms with Gasteiger partial charge < -0.3 is 15.2 Å². The summed E-state index contributed by atoms with van der Waals surface area (Å²) < 4.78 is 5.85. The van der Waals surface area contributed by atoms with E-state index in [2.05, 4.69) is 24.4 Å². The fourth-order valence-corrected chi connectivity index (χ4v) is 1.94. The van der Waals surface area contributed by atoms with Gasteiger partial charge in [0.25, 0.3) is 0 Å². The quantitative estimate of drug-likeness (QED) is 0.604. The van der Waals surface area contributed by atoms with Crippen molar-refractivity contribution in [2.75, 3.05) is 19.8 Å². The Balaban J connectivity index is 2.27. The zero-order valence-corrected chi connectivity index (χ0v) is 12.0. The van der Waals surface area contributed by atoms with Crippen LogP contribution in [0.3, 0.4) is 0 Å². The maximum absolute atomic E-state index is 8.70. The molecule has 0 amide bonds. The molecule has 19 heavy (non-hydrogen) atoms. The summed E-state index contributed by atoms with van der Waals surface area (Å²) in [4.78, 5) is 0. The van der Waals surface area contributed by atoms with Crippen LogP contribution in [-0.2, 0) is 6.54 Å². The van der Waals surface area contributed by atoms with E-state index >= 15 is 0 Å². The molecule has 0 saturated carbocycles. The topological polar surface area (TPSA) is 41.5 Å². The van der Waals surface area contributed by atoms with Crippen molar-refractivity contribution in [3.63, 3.8) is 0 Å². The minimum Gasteiger partial charge on any atom is -0.493 e. The van der Waals surface area contributed by atoms with Gasteiger partial charge in [-0.05, 0) is 38.3 Å². The van der Waals surface area contributed by atoms with Crippen LogP contribution in [0, 0.1) is 0 Å². The van der Waals surface area contributed by atoms with Gasteiger partial charge in [0.2, 0.25) is 0 Å². The van der Waals surface area contributed by atoms with E-state index in [0.29, 0.717) is 6.61 Å². The lowest BCUT2D eigenvalue weighted by molar-refractivity contribution is 0.272. The molecule has 0 saturated heterocycles. The van der Waals surface area contributed by atoms with Crippen LogP contribution in [0.15, 0.2) is 24.3 Å². The number of ether oxygens (including phenoxy) is 1. The molecule has 0 unspecified atom stereocenters. The molecule has 3 nitrogen and oxygen atoms in total. The number of unbranched alkanes of at least 4 members (excludes halogenated alkanes) is 3. The Morgan fingerprint density at radius 1 is 1.11 bits per heavy atom. The monoisotopic (exact) mass is 265 g/mol. The molecule has 0 bridgehead atoms. The number of rotatable bonds is 11. The van der Waals surface area contributed by atoms with E-state index < -0.39 is 0 Å². The van der Waals surface area contributed by atoms with Gasteiger partial charge in [-0.3, -0.25) is 0 Å². The van der Waals surface area contributed by atoms with Crippen molar-refractivity contribution >= 4 is 0 Å². The first-order valence-electron chi connectivity index (χ1n) is 7.40. The van der Waals surface area contributed by atoms with Gasteiger partial charge in [0.05, 0.1) is 6.61 Å². The van der Waals surface area contributed by atoms with Crippen LogP contribution in [0.1, 0.15) is 44.6 Å². The minimum absolute atomic E-state index is 0.298. The van der Waals surface area contributed by atoms with Gasteiger partial charge in [-0.1, -0.05) is 31.5 Å². The molecule has 1 aromatic rings. The molecule has 108 valence electrons. The summed E-state index contributed by atoms with van der Waals surface area (Å²) >= 11 is 0. The number of nitrogens with one attached hydrogen (secondary N) is 1. The predicted molar refractivity (Wildman–Crippen MR) is 79.5 cm³/mol. The van der Waals surface area contributed by atoms with Crippen molar-refractivity contribution < 1.29 is 9.84 Å². The lowest BCUT2D eigenvalue weighted by Crippen LogP contribution is -2.14. The van der Waals surface area contributed by atoms with Gasteiger partial charge in [-0.25, -0.2) is 0 Å². The Morgan fingerprint density at radius 3 is 2.68 bits per heavy atom. The smallest absolute Gasteiger partial charge is 0.123 e. The largest absolute Gasteiger partial charge is 0.493 e. The second-order valence-corrected chi connectivity index (χ2v) is 4.77. The molecule has 0 spiro atoms. The SMILES string of the molecule is CCCNCc1ccccc1OCCCCCCO. The third-order valence-electron chi connectivity index (χ3n) is 3.02. The molecule has 2 N–H and O–H groups in total. The van der Waals surface area contributed by atoms with Crippen molar-refractivity contribution in [1.82, 2.24) is 5.32 Å². The highest BCUT2D eigenvalue weighted by Crippen LogP contribution is 2.18. The lowest BCUT2D eigenvalue weighted by atomic mass is 10.2. The summed E-state index contributed by atoms with van der Waals surface area (Å²) in [7, 11) is 0. The summed E-state index contributed by atoms with van der Waals surface area (Å²) in [5.41, 5.74) is 1.23. The number of hydrogen-bond donors (Lipinski definition) is 2. The zero-order chi connectivity index (χ0) is 13.8. The van der Waals surface area contributed by atoms with Crippen molar-refractivity contribution in [3.05, 3.63) is 29.8 Å². The van der Waals surface area contributed by atoms with Crippen LogP contribution in [0.5, 0.6) is 5.75 Å². The highest BCUT2D eigenvalue weighted by molar-refractivity contribution is 5.33. The van der Waals surface area contributed by atoms with E-state index in [-0.39, 0.29) is 0 Å². The first kappa shape index (κ1) is 16.0. The van der Waals surface area contributed by atoms with E-state index in [1.165, 1.54) is 5.56 Å². The normalized spacial score (nSPS) is 10.6. The maximum Gasteiger partial charge on any atom is 0.123 e. The van der Waals surface area contributed by atoms with Crippen LogP contribution >= 0.6 is 0 Å². The molecule has 0 aliphatic rings. The van der Waals surface area contributed by atoms with Crippen LogP contribution in [0.2, 0.25) is 0 Å². The molecule has 0 aliphatic heterocycles. The van der Waals surface area contributed by atoms with Gasteiger partial charge in [-0.15, -0.1) is 0 Å². The van der Waals surface area contributed by atoms with E-state index in [9.17, 15) is 0 Å². The minimum atomic E-state index is 0.298. The summed E-state index contributed by atoms with van der Waals surface area (Å²) in [6.45, 7) is 5.13. The molecular weight excluding hydrogens is 238 g/mol. The summed E-state index contributed by atoms with van der Waals surface area (Å²) in [5.74, 6) is 0.994. The molecule has 1 rings (SSSR count). The molecule has 1 aromatic carbocycles. The molecular formula is C16H27NO2. The highest BCUT2D eigenvalue weighted by atomic mass is 16.5. The molecule has 0 radical (unpaired) electrons. The van der Waals surface area contributed by atoms with E-state index in [1.54, 1.807) is 0 Å². The van der Waals surface area contributed by atoms with E-state index in [4.69, 9.17) is 9.84 Å². The third-order valence-corrected chi connectivity index (χ3v) is 3.02. The maximum atomic E-state index is 8.70. The standard InChI is InChI=1S/C16H27NO2/c1-2-11-17-14-15-9-5-6-10-16(15)19-13-8-4-3-7-12-18/h5-6,9-10,17-18H,2-4,7-8,11-14H2,1H3. The Hall–Kier alpha value is -1.06. The Bertz CT molecular complexity index is 328. The average molecular weight is 265 g/mol. The van der Waals surface area contributed by atoms with Gasteiger partial charge in [0, 0.05) is 18.7 Å². The number of benzene rings is 1. The van der Waals surface area contributed by atoms with Crippen molar-refractivity contribution in [2.24, 2.45) is 0 Å². The van der Waals surface area contributed by atoms with Crippen LogP contribution < -0.4 is 10.1 Å². The molecule has 3 heteroatoms. The lowest BCUT2D eigenvalue weighted by Gasteiger charge is -2.12. The molecule has 0 aromatic heterocycles. The molecule has 0 atom stereocenters. The molecule has 0 heterocycles. The number of aliphatic hydroxyl groups excluding tert-OH is 1. The summed E-state index contributed by atoms with van der Waals surface area (Å²) in [6.07, 6.45) is 5.30. The van der Waals surface area contributed by atoms with Crippen LogP contribution in [-0.4, -0.2) is 24.9 Å². The number of para-hydroxylation sites is 1. The summed E-state index contributed by atoms with van der Waals surface area (Å²) in [5, 5.41) is 12.1. The van der Waals surface area contributed by atoms with Crippen molar-refractivity contribution in [3.8, 4) is 5.75 Å². The fraction of sp³-hybridized carbons (Fsp3) is 0.625. The van der Waals surface area contributed by atoms with Crippen molar-refractivity contribution in [2.45, 2.75) is 45.6 Å². The Morgan fingerprint density at radius 2 is 1.89 bits per heavy atom. The predicted octanol–water partition coefficient (Wildman–Crippen LogP) is 3.12. The van der Waals surface area contributed by atoms with Gasteiger partial charge in [0.1, 0.15) is 5.75 Å². The van der Waals surface area contributed by atoms with Gasteiger partial charge in [0.15, 0.2) is 0 Å².